The van der Waals surface area contributed by atoms with Crippen molar-refractivity contribution in [3.63, 3.8) is 0 Å². The molecule has 1 heterocycles. The number of aliphatic hydroxyl groups excluding tert-OH is 7. The Morgan fingerprint density at radius 2 is 0.822 bits per heavy atom. The van der Waals surface area contributed by atoms with Gasteiger partial charge in [0.25, 0.3) is 0 Å². The van der Waals surface area contributed by atoms with E-state index in [9.17, 15) is 40.5 Å². The van der Waals surface area contributed by atoms with Crippen molar-refractivity contribution in [2.45, 2.75) is 339 Å². The Bertz CT molecular complexity index is 1280. The van der Waals surface area contributed by atoms with Crippen LogP contribution in [0.1, 0.15) is 284 Å². The van der Waals surface area contributed by atoms with Gasteiger partial charge in [-0.05, 0) is 64.2 Å². The molecule has 1 saturated heterocycles. The molecule has 8 N–H and O–H groups in total. The second-order valence-corrected chi connectivity index (χ2v) is 21.8. The van der Waals surface area contributed by atoms with E-state index in [1.54, 1.807) is 0 Å². The van der Waals surface area contributed by atoms with E-state index in [1.807, 2.05) is 0 Å². The van der Waals surface area contributed by atoms with Crippen LogP contribution in [0.2, 0.25) is 0 Å². The molecule has 0 aromatic carbocycles. The predicted octanol–water partition coefficient (Wildman–Crippen LogP) is 13.5. The van der Waals surface area contributed by atoms with Crippen molar-refractivity contribution in [2.24, 2.45) is 0 Å². The van der Waals surface area contributed by atoms with E-state index in [-0.39, 0.29) is 12.8 Å². The third-order valence-corrected chi connectivity index (χ3v) is 14.9. The summed E-state index contributed by atoms with van der Waals surface area (Å²) in [6.45, 7) is 3.46. The summed E-state index contributed by atoms with van der Waals surface area (Å²) in [5, 5.41) is 76.2. The van der Waals surface area contributed by atoms with Crippen LogP contribution in [0.4, 0.5) is 0 Å². The molecular formula is C62H117NO10. The molecule has 0 bridgehead atoms. The van der Waals surface area contributed by atoms with Gasteiger partial charge in [-0.3, -0.25) is 4.79 Å². The lowest BCUT2D eigenvalue weighted by Crippen LogP contribution is -2.60. The molecule has 1 aliphatic heterocycles. The average Bonchev–Trinajstić information content (AvgIpc) is 3.39. The van der Waals surface area contributed by atoms with Gasteiger partial charge in [0.15, 0.2) is 6.29 Å². The first-order chi connectivity index (χ1) is 35.7. The van der Waals surface area contributed by atoms with Crippen molar-refractivity contribution in [1.29, 1.82) is 0 Å². The molecule has 0 aromatic rings. The molecule has 1 rings (SSSR count). The quantitative estimate of drug-likeness (QED) is 0.0215. The van der Waals surface area contributed by atoms with Crippen molar-refractivity contribution >= 4 is 5.91 Å². The molecule has 11 heteroatoms. The van der Waals surface area contributed by atoms with Crippen LogP contribution in [0.25, 0.3) is 0 Å². The van der Waals surface area contributed by atoms with Crippen molar-refractivity contribution in [1.82, 2.24) is 5.32 Å². The topological polar surface area (TPSA) is 189 Å². The zero-order chi connectivity index (χ0) is 53.3. The molecule has 73 heavy (non-hydrogen) atoms. The summed E-state index contributed by atoms with van der Waals surface area (Å²) in [7, 11) is 0. The van der Waals surface area contributed by atoms with Crippen molar-refractivity contribution in [3.8, 4) is 0 Å². The standard InChI is InChI=1S/C62H117NO10/c1-3-5-7-9-11-13-15-17-19-21-23-24-25-26-27-28-29-30-32-34-36-38-40-42-44-46-48-50-55(66)61(71)63-53(52-72-62-60(70)59(69)58(68)56(51-64)73-62)57(67)54(65)49-47-45-43-41-39-37-35-33-31-22-20-18-16-14-12-10-8-6-4-2/h18,20,33,35,41,43,53-60,62,64-70H,3-17,19,21-32,34,36-40,42,44-52H2,1-2H3,(H,63,71)/b20-18+,35-33+,43-41+. The molecule has 0 aliphatic carbocycles. The number of hydrogen-bond acceptors (Lipinski definition) is 10. The number of ether oxygens (including phenoxy) is 2. The van der Waals surface area contributed by atoms with E-state index in [0.717, 1.165) is 44.9 Å². The summed E-state index contributed by atoms with van der Waals surface area (Å²) >= 11 is 0. The highest BCUT2D eigenvalue weighted by atomic mass is 16.7. The lowest BCUT2D eigenvalue weighted by molar-refractivity contribution is -0.303. The monoisotopic (exact) mass is 1040 g/mol. The normalized spacial score (nSPS) is 20.2. The molecule has 9 atom stereocenters. The Morgan fingerprint density at radius 3 is 1.22 bits per heavy atom. The molecule has 11 nitrogen and oxygen atoms in total. The van der Waals surface area contributed by atoms with Crippen LogP contribution in [0.15, 0.2) is 36.5 Å². The highest BCUT2D eigenvalue weighted by Crippen LogP contribution is 2.23. The van der Waals surface area contributed by atoms with Gasteiger partial charge < -0.3 is 50.5 Å². The molecular weight excluding hydrogens is 919 g/mol. The van der Waals surface area contributed by atoms with Gasteiger partial charge in [0.2, 0.25) is 5.91 Å². The van der Waals surface area contributed by atoms with Crippen LogP contribution in [0, 0.1) is 0 Å². The molecule has 430 valence electrons. The Morgan fingerprint density at radius 1 is 0.466 bits per heavy atom. The number of amides is 1. The first-order valence-electron chi connectivity index (χ1n) is 30.9. The zero-order valence-electron chi connectivity index (χ0n) is 47.1. The zero-order valence-corrected chi connectivity index (χ0v) is 47.1. The van der Waals surface area contributed by atoms with E-state index >= 15 is 0 Å². The van der Waals surface area contributed by atoms with Crippen LogP contribution in [-0.4, -0.2) is 110 Å². The summed E-state index contributed by atoms with van der Waals surface area (Å²) in [6, 6.07) is -1.19. The molecule has 1 amide bonds. The first-order valence-corrected chi connectivity index (χ1v) is 30.9. The second-order valence-electron chi connectivity index (χ2n) is 21.8. The first kappa shape index (κ1) is 69.3. The largest absolute Gasteiger partial charge is 0.394 e. The summed E-state index contributed by atoms with van der Waals surface area (Å²) in [5.41, 5.74) is 0. The third-order valence-electron chi connectivity index (χ3n) is 14.9. The maximum Gasteiger partial charge on any atom is 0.249 e. The third kappa shape index (κ3) is 39.4. The fraction of sp³-hybridized carbons (Fsp3) is 0.887. The average molecular weight is 1040 g/mol. The van der Waals surface area contributed by atoms with Gasteiger partial charge in [-0.1, -0.05) is 256 Å². The van der Waals surface area contributed by atoms with E-state index < -0.39 is 74.2 Å². The number of aliphatic hydroxyl groups is 7. The molecule has 0 aromatic heterocycles. The van der Waals surface area contributed by atoms with Crippen LogP contribution in [0.3, 0.4) is 0 Å². The molecule has 9 unspecified atom stereocenters. The SMILES string of the molecule is CCCCCCCC/C=C/CC/C=C/CC/C=C/CCCC(O)C(O)C(COC1OC(CO)C(O)C(O)C1O)NC(=O)C(O)CCCCCCCCCCCCCCCCCCCCCCCCCCCCC. The van der Waals surface area contributed by atoms with Crippen LogP contribution >= 0.6 is 0 Å². The number of rotatable bonds is 53. The van der Waals surface area contributed by atoms with Gasteiger partial charge in [-0.25, -0.2) is 0 Å². The number of hydrogen-bond donors (Lipinski definition) is 8. The van der Waals surface area contributed by atoms with Gasteiger partial charge in [0, 0.05) is 0 Å². The van der Waals surface area contributed by atoms with E-state index in [2.05, 4.69) is 55.6 Å². The van der Waals surface area contributed by atoms with E-state index in [0.29, 0.717) is 19.3 Å². The highest BCUT2D eigenvalue weighted by molar-refractivity contribution is 5.80. The number of carbonyl (C=O) groups excluding carboxylic acids is 1. The predicted molar refractivity (Wildman–Crippen MR) is 302 cm³/mol. The lowest BCUT2D eigenvalue weighted by Gasteiger charge is -2.40. The highest BCUT2D eigenvalue weighted by Gasteiger charge is 2.44. The van der Waals surface area contributed by atoms with E-state index in [1.165, 1.54) is 193 Å². The molecule has 1 aliphatic rings. The van der Waals surface area contributed by atoms with Crippen molar-refractivity contribution in [3.05, 3.63) is 36.5 Å². The minimum Gasteiger partial charge on any atom is -0.394 e. The number of nitrogens with one attached hydrogen (secondary N) is 1. The number of carbonyl (C=O) groups is 1. The van der Waals surface area contributed by atoms with Crippen LogP contribution < -0.4 is 5.32 Å². The van der Waals surface area contributed by atoms with Gasteiger partial charge in [0.1, 0.15) is 36.6 Å². The van der Waals surface area contributed by atoms with Gasteiger partial charge >= 0.3 is 0 Å². The Labute approximate surface area is 447 Å². The minimum absolute atomic E-state index is 0.242. The smallest absolute Gasteiger partial charge is 0.249 e. The van der Waals surface area contributed by atoms with Crippen molar-refractivity contribution < 1.29 is 50.0 Å². The van der Waals surface area contributed by atoms with Gasteiger partial charge in [-0.15, -0.1) is 0 Å². The Hall–Kier alpha value is -1.67. The molecule has 0 spiro atoms. The second kappa shape index (κ2) is 51.1. The maximum atomic E-state index is 13.2. The molecule has 0 saturated carbocycles. The van der Waals surface area contributed by atoms with Gasteiger partial charge in [-0.2, -0.15) is 0 Å². The summed E-state index contributed by atoms with van der Waals surface area (Å²) < 4.78 is 11.1. The number of allylic oxidation sites excluding steroid dienone is 6. The number of unbranched alkanes of at least 4 members (excludes halogenated alkanes) is 35. The summed E-state index contributed by atoms with van der Waals surface area (Å²) in [5.74, 6) is -0.708. The molecule has 0 radical (unpaired) electrons. The van der Waals surface area contributed by atoms with Crippen molar-refractivity contribution in [2.75, 3.05) is 13.2 Å². The lowest BCUT2D eigenvalue weighted by atomic mass is 9.98. The fourth-order valence-electron chi connectivity index (χ4n) is 9.89. The van der Waals surface area contributed by atoms with E-state index in [4.69, 9.17) is 9.47 Å². The van der Waals surface area contributed by atoms with Gasteiger partial charge in [0.05, 0.1) is 25.4 Å². The maximum absolute atomic E-state index is 13.2. The Kier molecular flexibility index (Phi) is 48.5. The van der Waals surface area contributed by atoms with Crippen LogP contribution in [-0.2, 0) is 14.3 Å². The molecule has 1 fully saturated rings. The summed E-state index contributed by atoms with van der Waals surface area (Å²) in [6.07, 6.45) is 52.1. The Balaban J connectivity index is 2.28. The minimum atomic E-state index is -1.67. The fourth-order valence-corrected chi connectivity index (χ4v) is 9.89. The summed E-state index contributed by atoms with van der Waals surface area (Å²) in [4.78, 5) is 13.2. The van der Waals surface area contributed by atoms with Crippen LogP contribution in [0.5, 0.6) is 0 Å².